The van der Waals surface area contributed by atoms with Crippen LogP contribution in [0, 0.1) is 5.82 Å². The minimum absolute atomic E-state index is 0.0596. The molecule has 96 valence electrons. The molecule has 1 fully saturated rings. The lowest BCUT2D eigenvalue weighted by molar-refractivity contribution is -0.0589. The molecule has 2 unspecified atom stereocenters. The number of rotatable bonds is 0. The van der Waals surface area contributed by atoms with Gasteiger partial charge in [0.15, 0.2) is 22.4 Å². The number of thiocarbonyl (C=S) groups is 1. The summed E-state index contributed by atoms with van der Waals surface area (Å²) in [5.74, 6) is -0.170. The summed E-state index contributed by atoms with van der Waals surface area (Å²) in [7, 11) is 1.84. The van der Waals surface area contributed by atoms with Crippen LogP contribution in [0.5, 0.6) is 5.75 Å². The van der Waals surface area contributed by atoms with Gasteiger partial charge in [0.05, 0.1) is 6.04 Å². The van der Waals surface area contributed by atoms with Crippen molar-refractivity contribution >= 4 is 28.9 Å². The highest BCUT2D eigenvalue weighted by atomic mass is 35.5. The molecule has 0 aliphatic carbocycles. The fourth-order valence-corrected chi connectivity index (χ4v) is 3.04. The number of ether oxygens (including phenoxy) is 1. The van der Waals surface area contributed by atoms with Gasteiger partial charge in [-0.3, -0.25) is 0 Å². The Hall–Kier alpha value is -1.07. The smallest absolute Gasteiger partial charge is 0.184 e. The minimum Gasteiger partial charge on any atom is -0.465 e. The van der Waals surface area contributed by atoms with Crippen LogP contribution in [0.4, 0.5) is 4.39 Å². The second kappa shape index (κ2) is 3.71. The van der Waals surface area contributed by atoms with Gasteiger partial charge in [0.25, 0.3) is 0 Å². The van der Waals surface area contributed by atoms with E-state index in [0.717, 1.165) is 5.56 Å². The van der Waals surface area contributed by atoms with E-state index in [4.69, 9.17) is 28.6 Å². The summed E-state index contributed by atoms with van der Waals surface area (Å²) in [6, 6.07) is 2.93. The average Bonchev–Trinajstić information content (AvgIpc) is 2.28. The zero-order valence-electron chi connectivity index (χ0n) is 9.96. The monoisotopic (exact) mass is 286 g/mol. The molecule has 0 radical (unpaired) electrons. The number of nitrogens with one attached hydrogen (secondary N) is 1. The van der Waals surface area contributed by atoms with Crippen molar-refractivity contribution in [1.29, 1.82) is 0 Å². The standard InChI is InChI=1S/C12H12ClFN2OS/c1-12-5-9(15-11(18)16(12)2)7-3-6(13)4-8(14)10(7)17-12/h3-4,9H,5H2,1-2H3,(H,15,18). The molecule has 1 saturated heterocycles. The third-order valence-electron chi connectivity index (χ3n) is 3.63. The molecule has 2 atom stereocenters. The fraction of sp³-hybridized carbons (Fsp3) is 0.417. The zero-order valence-corrected chi connectivity index (χ0v) is 11.5. The lowest BCUT2D eigenvalue weighted by Gasteiger charge is -2.50. The predicted octanol–water partition coefficient (Wildman–Crippen LogP) is 2.84. The van der Waals surface area contributed by atoms with Gasteiger partial charge in [-0.2, -0.15) is 0 Å². The second-order valence-electron chi connectivity index (χ2n) is 4.85. The molecule has 6 heteroatoms. The van der Waals surface area contributed by atoms with Crippen LogP contribution in [0.25, 0.3) is 0 Å². The first kappa shape index (κ1) is 12.0. The molecular weight excluding hydrogens is 275 g/mol. The number of halogens is 2. The molecule has 1 aromatic carbocycles. The van der Waals surface area contributed by atoms with E-state index in [1.54, 1.807) is 6.07 Å². The van der Waals surface area contributed by atoms with E-state index in [1.807, 2.05) is 18.9 Å². The molecule has 0 spiro atoms. The van der Waals surface area contributed by atoms with Gasteiger partial charge in [0.2, 0.25) is 0 Å². The van der Waals surface area contributed by atoms with Crippen molar-refractivity contribution in [1.82, 2.24) is 10.2 Å². The Bertz CT molecular complexity index is 553. The van der Waals surface area contributed by atoms with Crippen molar-refractivity contribution in [2.24, 2.45) is 0 Å². The highest BCUT2D eigenvalue weighted by Crippen LogP contribution is 2.45. The summed E-state index contributed by atoms with van der Waals surface area (Å²) in [4.78, 5) is 1.82. The molecule has 0 aromatic heterocycles. The Morgan fingerprint density at radius 1 is 1.61 bits per heavy atom. The lowest BCUT2D eigenvalue weighted by atomic mass is 9.91. The number of benzene rings is 1. The van der Waals surface area contributed by atoms with Crippen molar-refractivity contribution in [2.45, 2.75) is 25.1 Å². The molecule has 3 nitrogen and oxygen atoms in total. The van der Waals surface area contributed by atoms with Crippen LogP contribution in [0.15, 0.2) is 12.1 Å². The van der Waals surface area contributed by atoms with E-state index in [1.165, 1.54) is 6.07 Å². The first-order chi connectivity index (χ1) is 8.40. The van der Waals surface area contributed by atoms with Crippen LogP contribution >= 0.6 is 23.8 Å². The molecule has 3 rings (SSSR count). The average molecular weight is 287 g/mol. The van der Waals surface area contributed by atoms with Gasteiger partial charge in [-0.1, -0.05) is 11.6 Å². The second-order valence-corrected chi connectivity index (χ2v) is 5.67. The van der Waals surface area contributed by atoms with Gasteiger partial charge < -0.3 is 15.0 Å². The zero-order chi connectivity index (χ0) is 13.1. The molecule has 18 heavy (non-hydrogen) atoms. The number of hydrogen-bond acceptors (Lipinski definition) is 2. The predicted molar refractivity (Wildman–Crippen MR) is 71.3 cm³/mol. The van der Waals surface area contributed by atoms with Crippen molar-refractivity contribution in [2.75, 3.05) is 7.05 Å². The van der Waals surface area contributed by atoms with E-state index in [9.17, 15) is 4.39 Å². The van der Waals surface area contributed by atoms with Crippen molar-refractivity contribution < 1.29 is 9.13 Å². The largest absolute Gasteiger partial charge is 0.465 e. The summed E-state index contributed by atoms with van der Waals surface area (Å²) < 4.78 is 19.8. The molecule has 2 heterocycles. The summed E-state index contributed by atoms with van der Waals surface area (Å²) >= 11 is 11.1. The van der Waals surface area contributed by atoms with Crippen LogP contribution in [0.1, 0.15) is 24.9 Å². The number of nitrogens with zero attached hydrogens (tertiary/aromatic N) is 1. The van der Waals surface area contributed by atoms with E-state index < -0.39 is 11.5 Å². The van der Waals surface area contributed by atoms with Gasteiger partial charge >= 0.3 is 0 Å². The SMILES string of the molecule is CN1C(=S)NC2CC1(C)Oc1c(F)cc(Cl)cc12. The molecule has 2 bridgehead atoms. The van der Waals surface area contributed by atoms with Crippen LogP contribution in [-0.2, 0) is 0 Å². The van der Waals surface area contributed by atoms with Gasteiger partial charge in [0, 0.05) is 24.1 Å². The van der Waals surface area contributed by atoms with E-state index in [2.05, 4.69) is 5.32 Å². The molecule has 0 saturated carbocycles. The fourth-order valence-electron chi connectivity index (χ4n) is 2.49. The molecule has 1 aromatic rings. The quantitative estimate of drug-likeness (QED) is 0.741. The highest BCUT2D eigenvalue weighted by molar-refractivity contribution is 7.80. The topological polar surface area (TPSA) is 24.5 Å². The Labute approximate surface area is 115 Å². The van der Waals surface area contributed by atoms with Crippen LogP contribution in [0.2, 0.25) is 5.02 Å². The van der Waals surface area contributed by atoms with Crippen molar-refractivity contribution in [3.05, 3.63) is 28.5 Å². The molecule has 2 aliphatic rings. The van der Waals surface area contributed by atoms with Crippen molar-refractivity contribution in [3.63, 3.8) is 0 Å². The Kier molecular flexibility index (Phi) is 2.47. The maximum atomic E-state index is 13.9. The summed E-state index contributed by atoms with van der Waals surface area (Å²) in [5.41, 5.74) is 0.113. The van der Waals surface area contributed by atoms with Crippen molar-refractivity contribution in [3.8, 4) is 5.75 Å². The maximum absolute atomic E-state index is 13.9. The molecular formula is C12H12ClFN2OS. The van der Waals surface area contributed by atoms with Gasteiger partial charge in [-0.15, -0.1) is 0 Å². The lowest BCUT2D eigenvalue weighted by Crippen LogP contribution is -2.63. The van der Waals surface area contributed by atoms with Crippen LogP contribution in [-0.4, -0.2) is 22.8 Å². The van der Waals surface area contributed by atoms with Gasteiger partial charge in [-0.25, -0.2) is 4.39 Å². The van der Waals surface area contributed by atoms with E-state index in [-0.39, 0.29) is 11.8 Å². The minimum atomic E-state index is -0.616. The molecule has 2 aliphatic heterocycles. The van der Waals surface area contributed by atoms with E-state index in [0.29, 0.717) is 16.6 Å². The first-order valence-corrected chi connectivity index (χ1v) is 6.41. The normalized spacial score (nSPS) is 29.4. The molecule has 1 N–H and O–H groups in total. The maximum Gasteiger partial charge on any atom is 0.184 e. The van der Waals surface area contributed by atoms with E-state index >= 15 is 0 Å². The summed E-state index contributed by atoms with van der Waals surface area (Å²) in [5, 5.41) is 4.15. The Morgan fingerprint density at radius 2 is 2.33 bits per heavy atom. The van der Waals surface area contributed by atoms with Gasteiger partial charge in [-0.05, 0) is 31.3 Å². The van der Waals surface area contributed by atoms with Crippen LogP contribution < -0.4 is 10.1 Å². The number of fused-ring (bicyclic) bond motifs is 4. The highest BCUT2D eigenvalue weighted by Gasteiger charge is 2.46. The summed E-state index contributed by atoms with van der Waals surface area (Å²) in [6.07, 6.45) is 0.691. The number of hydrogen-bond donors (Lipinski definition) is 1. The third-order valence-corrected chi connectivity index (χ3v) is 4.24. The van der Waals surface area contributed by atoms with Gasteiger partial charge in [0.1, 0.15) is 0 Å². The first-order valence-electron chi connectivity index (χ1n) is 5.63. The van der Waals surface area contributed by atoms with Crippen LogP contribution in [0.3, 0.4) is 0 Å². The summed E-state index contributed by atoms with van der Waals surface area (Å²) in [6.45, 7) is 1.91. The Morgan fingerprint density at radius 3 is 3.06 bits per heavy atom. The molecule has 0 amide bonds. The third kappa shape index (κ3) is 1.57. The Balaban J connectivity index is 2.17.